The first-order valence-corrected chi connectivity index (χ1v) is 8.89. The van der Waals surface area contributed by atoms with E-state index in [4.69, 9.17) is 4.74 Å². The molecule has 24 heavy (non-hydrogen) atoms. The fourth-order valence-corrected chi connectivity index (χ4v) is 3.55. The van der Waals surface area contributed by atoms with Crippen LogP contribution >= 0.6 is 0 Å². The number of carbonyl (C=O) groups is 1. The van der Waals surface area contributed by atoms with E-state index in [0.717, 1.165) is 0 Å². The molecular formula is C15H20N4O4S. The molecule has 2 aromatic rings. The summed E-state index contributed by atoms with van der Waals surface area (Å²) in [6.07, 6.45) is 0. The molecule has 9 heteroatoms. The Morgan fingerprint density at radius 1 is 1.38 bits per heavy atom. The third kappa shape index (κ3) is 3.62. The third-order valence-electron chi connectivity index (χ3n) is 3.51. The zero-order valence-corrected chi connectivity index (χ0v) is 14.8. The van der Waals surface area contributed by atoms with E-state index in [-0.39, 0.29) is 10.7 Å². The van der Waals surface area contributed by atoms with Gasteiger partial charge in [0.15, 0.2) is 11.6 Å². The van der Waals surface area contributed by atoms with Crippen molar-refractivity contribution in [3.05, 3.63) is 35.7 Å². The highest BCUT2D eigenvalue weighted by Crippen LogP contribution is 2.20. The van der Waals surface area contributed by atoms with Gasteiger partial charge in [-0.2, -0.15) is 0 Å². The van der Waals surface area contributed by atoms with Crippen LogP contribution in [0.15, 0.2) is 29.2 Å². The van der Waals surface area contributed by atoms with Crippen molar-refractivity contribution >= 4 is 15.8 Å². The van der Waals surface area contributed by atoms with Crippen LogP contribution in [0.2, 0.25) is 0 Å². The Morgan fingerprint density at radius 3 is 2.67 bits per heavy atom. The number of nitrogens with zero attached hydrogens (tertiary/aromatic N) is 3. The normalized spacial score (nSPS) is 12.8. The first-order valence-electron chi connectivity index (χ1n) is 7.40. The Morgan fingerprint density at radius 2 is 2.08 bits per heavy atom. The molecule has 1 heterocycles. The lowest BCUT2D eigenvalue weighted by Crippen LogP contribution is -2.29. The van der Waals surface area contributed by atoms with E-state index in [1.807, 2.05) is 6.92 Å². The van der Waals surface area contributed by atoms with Crippen LogP contribution in [0.25, 0.3) is 0 Å². The van der Waals surface area contributed by atoms with E-state index in [9.17, 15) is 13.2 Å². The minimum Gasteiger partial charge on any atom is -0.467 e. The SMILES string of the molecule is CCn1c(OC)nnc1[C@@H](C)NS(=O)(=O)c1cccc(C(C)=O)c1. The van der Waals surface area contributed by atoms with Gasteiger partial charge in [-0.3, -0.25) is 9.36 Å². The van der Waals surface area contributed by atoms with E-state index in [2.05, 4.69) is 14.9 Å². The van der Waals surface area contributed by atoms with E-state index in [1.54, 1.807) is 17.6 Å². The number of nitrogens with one attached hydrogen (secondary N) is 1. The van der Waals surface area contributed by atoms with Gasteiger partial charge >= 0.3 is 6.01 Å². The molecule has 2 rings (SSSR count). The maximum atomic E-state index is 12.6. The average molecular weight is 352 g/mol. The highest BCUT2D eigenvalue weighted by atomic mass is 32.2. The fourth-order valence-electron chi connectivity index (χ4n) is 2.30. The standard InChI is InChI=1S/C15H20N4O4S/c1-5-19-14(16-17-15(19)23-4)10(2)18-24(21,22)13-8-6-7-12(9-13)11(3)20/h6-10,18H,5H2,1-4H3/t10-/m1/s1. The molecule has 0 saturated heterocycles. The molecule has 0 saturated carbocycles. The third-order valence-corrected chi connectivity index (χ3v) is 5.05. The molecule has 1 N–H and O–H groups in total. The lowest BCUT2D eigenvalue weighted by atomic mass is 10.2. The summed E-state index contributed by atoms with van der Waals surface area (Å²) >= 11 is 0. The van der Waals surface area contributed by atoms with Crippen molar-refractivity contribution in [3.63, 3.8) is 0 Å². The summed E-state index contributed by atoms with van der Waals surface area (Å²) in [7, 11) is -2.34. The summed E-state index contributed by atoms with van der Waals surface area (Å²) in [5, 5.41) is 7.87. The Bertz CT molecular complexity index is 845. The minimum absolute atomic E-state index is 0.0246. The first kappa shape index (κ1) is 18.1. The fraction of sp³-hybridized carbons (Fsp3) is 0.400. The number of benzene rings is 1. The summed E-state index contributed by atoms with van der Waals surface area (Å²) in [5.41, 5.74) is 0.337. The lowest BCUT2D eigenvalue weighted by Gasteiger charge is -2.15. The molecule has 1 aromatic heterocycles. The van der Waals surface area contributed by atoms with Crippen molar-refractivity contribution in [3.8, 4) is 6.01 Å². The number of hydrogen-bond donors (Lipinski definition) is 1. The molecule has 0 amide bonds. The molecule has 0 fully saturated rings. The maximum Gasteiger partial charge on any atom is 0.316 e. The summed E-state index contributed by atoms with van der Waals surface area (Å²) in [4.78, 5) is 11.5. The van der Waals surface area contributed by atoms with Gasteiger partial charge in [0, 0.05) is 12.1 Å². The van der Waals surface area contributed by atoms with Crippen LogP contribution < -0.4 is 9.46 Å². The largest absolute Gasteiger partial charge is 0.467 e. The lowest BCUT2D eigenvalue weighted by molar-refractivity contribution is 0.101. The van der Waals surface area contributed by atoms with Gasteiger partial charge in [-0.25, -0.2) is 13.1 Å². The Kier molecular flexibility index (Phi) is 5.35. The summed E-state index contributed by atoms with van der Waals surface area (Å²) in [6.45, 7) is 5.48. The predicted molar refractivity (Wildman–Crippen MR) is 87.4 cm³/mol. The first-order chi connectivity index (χ1) is 11.3. The molecule has 0 unspecified atom stereocenters. The second-order valence-corrected chi connectivity index (χ2v) is 6.93. The Balaban J connectivity index is 2.30. The number of carbonyl (C=O) groups excluding carboxylic acids is 1. The van der Waals surface area contributed by atoms with Gasteiger partial charge in [-0.05, 0) is 32.9 Å². The van der Waals surface area contributed by atoms with E-state index in [1.165, 1.54) is 32.2 Å². The Hall–Kier alpha value is -2.26. The number of sulfonamides is 1. The average Bonchev–Trinajstić information content (AvgIpc) is 2.97. The van der Waals surface area contributed by atoms with Gasteiger partial charge in [0.25, 0.3) is 0 Å². The van der Waals surface area contributed by atoms with Gasteiger partial charge in [-0.15, -0.1) is 5.10 Å². The van der Waals surface area contributed by atoms with Crippen LogP contribution in [0.1, 0.15) is 43.0 Å². The van der Waals surface area contributed by atoms with Crippen molar-refractivity contribution in [1.29, 1.82) is 0 Å². The van der Waals surface area contributed by atoms with Crippen LogP contribution in [0, 0.1) is 0 Å². The number of aromatic nitrogens is 3. The number of ether oxygens (including phenoxy) is 1. The van der Waals surface area contributed by atoms with Gasteiger partial charge in [0.05, 0.1) is 18.0 Å². The minimum atomic E-state index is -3.81. The summed E-state index contributed by atoms with van der Waals surface area (Å²) in [6, 6.07) is 5.59. The monoisotopic (exact) mass is 352 g/mol. The molecule has 0 bridgehead atoms. The summed E-state index contributed by atoms with van der Waals surface area (Å²) < 4.78 is 34.4. The zero-order chi connectivity index (χ0) is 17.9. The van der Waals surface area contributed by atoms with Gasteiger partial charge < -0.3 is 4.74 Å². The highest BCUT2D eigenvalue weighted by molar-refractivity contribution is 7.89. The van der Waals surface area contributed by atoms with Gasteiger partial charge in [0.1, 0.15) is 0 Å². The molecular weight excluding hydrogens is 332 g/mol. The van der Waals surface area contributed by atoms with Crippen LogP contribution in [0.5, 0.6) is 6.01 Å². The van der Waals surface area contributed by atoms with Crippen LogP contribution in [-0.4, -0.2) is 36.1 Å². The van der Waals surface area contributed by atoms with E-state index >= 15 is 0 Å². The highest BCUT2D eigenvalue weighted by Gasteiger charge is 2.24. The smallest absolute Gasteiger partial charge is 0.316 e. The van der Waals surface area contributed by atoms with E-state index in [0.29, 0.717) is 23.9 Å². The molecule has 1 aromatic carbocycles. The van der Waals surface area contributed by atoms with Crippen molar-refractivity contribution < 1.29 is 17.9 Å². The van der Waals surface area contributed by atoms with E-state index < -0.39 is 16.1 Å². The quantitative estimate of drug-likeness (QED) is 0.758. The number of rotatable bonds is 7. The molecule has 130 valence electrons. The second kappa shape index (κ2) is 7.10. The molecule has 0 aliphatic heterocycles. The predicted octanol–water partition coefficient (Wildman–Crippen LogP) is 1.55. The molecule has 0 aliphatic carbocycles. The van der Waals surface area contributed by atoms with Crippen LogP contribution in [-0.2, 0) is 16.6 Å². The number of methoxy groups -OCH3 is 1. The molecule has 1 atom stereocenters. The van der Waals surface area contributed by atoms with Gasteiger partial charge in [0.2, 0.25) is 10.0 Å². The van der Waals surface area contributed by atoms with Crippen molar-refractivity contribution in [2.24, 2.45) is 0 Å². The Labute approximate surface area is 140 Å². The summed E-state index contributed by atoms with van der Waals surface area (Å²) in [5.74, 6) is 0.246. The van der Waals surface area contributed by atoms with Crippen LogP contribution in [0.3, 0.4) is 0 Å². The van der Waals surface area contributed by atoms with Crippen molar-refractivity contribution in [2.45, 2.75) is 38.3 Å². The zero-order valence-electron chi connectivity index (χ0n) is 14.0. The molecule has 0 spiro atoms. The molecule has 0 aliphatic rings. The number of hydrogen-bond acceptors (Lipinski definition) is 6. The van der Waals surface area contributed by atoms with Crippen molar-refractivity contribution in [2.75, 3.05) is 7.11 Å². The maximum absolute atomic E-state index is 12.6. The van der Waals surface area contributed by atoms with Crippen molar-refractivity contribution in [1.82, 2.24) is 19.5 Å². The number of Topliss-reactive ketones (excluding diaryl/α,β-unsaturated/α-hetero) is 1. The topological polar surface area (TPSA) is 103 Å². The number of ketones is 1. The second-order valence-electron chi connectivity index (χ2n) is 5.22. The van der Waals surface area contributed by atoms with Crippen LogP contribution in [0.4, 0.5) is 0 Å². The van der Waals surface area contributed by atoms with Gasteiger partial charge in [-0.1, -0.05) is 17.2 Å². The molecule has 0 radical (unpaired) electrons. The molecule has 8 nitrogen and oxygen atoms in total.